The molecule has 6 atom stereocenters. The maximum atomic E-state index is 12.4. The average Bonchev–Trinajstić information content (AvgIpc) is 3.05. The summed E-state index contributed by atoms with van der Waals surface area (Å²) in [6.45, 7) is -0.868. The minimum Gasteiger partial charge on any atom is -0.387 e. The fourth-order valence-corrected chi connectivity index (χ4v) is 6.03. The first kappa shape index (κ1) is 29.7. The number of anilines is 1. The molecule has 0 spiro atoms. The van der Waals surface area contributed by atoms with E-state index < -0.39 is 60.3 Å². The molecule has 1 aromatic carbocycles. The van der Waals surface area contributed by atoms with Crippen LogP contribution in [0.2, 0.25) is 0 Å². The number of hydrogen-bond donors (Lipinski definition) is 7. The van der Waals surface area contributed by atoms with Crippen molar-refractivity contribution in [2.45, 2.75) is 31.1 Å². The largest absolute Gasteiger partial charge is 0.490 e. The van der Waals surface area contributed by atoms with Gasteiger partial charge in [0, 0.05) is 6.20 Å². The topological polar surface area (TPSA) is 266 Å². The van der Waals surface area contributed by atoms with Crippen LogP contribution in [-0.2, 0) is 43.0 Å². The molecule has 3 rings (SSSR count). The van der Waals surface area contributed by atoms with Crippen LogP contribution in [0, 0.1) is 0 Å². The third-order valence-electron chi connectivity index (χ3n) is 4.52. The highest BCUT2D eigenvalue weighted by Crippen LogP contribution is 2.66. The van der Waals surface area contributed by atoms with Gasteiger partial charge in [0.05, 0.1) is 13.2 Å². The molecule has 21 heteroatoms. The van der Waals surface area contributed by atoms with Crippen molar-refractivity contribution in [3.05, 3.63) is 58.6 Å². The lowest BCUT2D eigenvalue weighted by molar-refractivity contribution is -0.0541. The second-order valence-electron chi connectivity index (χ2n) is 7.31. The molecule has 1 fully saturated rings. The number of aliphatic hydroxyl groups excluding tert-OH is 2. The zero-order valence-corrected chi connectivity index (χ0v) is 21.0. The molecule has 1 aliphatic heterocycles. The summed E-state index contributed by atoms with van der Waals surface area (Å²) in [6.07, 6.45) is -5.46. The van der Waals surface area contributed by atoms with E-state index in [1.807, 2.05) is 30.3 Å². The monoisotopic (exact) mass is 589 g/mol. The van der Waals surface area contributed by atoms with Crippen LogP contribution < -0.4 is 11.2 Å². The minimum absolute atomic E-state index is 0.0226. The SMILES string of the molecule is O=c1nc(NOCc2ccccc2)ccn1[C@@H]1O[C@H](COP(=O)(O)OP(=O)(O)OP(=O)(O)O)[C@@H](O)[C@H]1O. The average molecular weight is 589 g/mol. The molecule has 18 nitrogen and oxygen atoms in total. The van der Waals surface area contributed by atoms with Crippen LogP contribution in [-0.4, -0.2) is 64.3 Å². The summed E-state index contributed by atoms with van der Waals surface area (Å²) in [5.41, 5.74) is 2.39. The van der Waals surface area contributed by atoms with Crippen LogP contribution in [0.1, 0.15) is 11.8 Å². The van der Waals surface area contributed by atoms with Gasteiger partial charge in [0.15, 0.2) is 12.0 Å². The van der Waals surface area contributed by atoms with E-state index in [0.717, 1.165) is 16.3 Å². The van der Waals surface area contributed by atoms with Crippen LogP contribution in [0.15, 0.2) is 47.4 Å². The number of nitrogens with one attached hydrogen (secondary N) is 1. The lowest BCUT2D eigenvalue weighted by atomic mass is 10.1. The summed E-state index contributed by atoms with van der Waals surface area (Å²) in [5.74, 6) is 0.0226. The summed E-state index contributed by atoms with van der Waals surface area (Å²) in [7, 11) is -16.8. The lowest BCUT2D eigenvalue weighted by Gasteiger charge is -2.19. The van der Waals surface area contributed by atoms with Crippen molar-refractivity contribution >= 4 is 29.3 Å². The molecule has 0 bridgehead atoms. The van der Waals surface area contributed by atoms with E-state index in [1.54, 1.807) is 0 Å². The van der Waals surface area contributed by atoms with Crippen LogP contribution in [0.5, 0.6) is 0 Å². The Morgan fingerprint density at radius 2 is 1.65 bits per heavy atom. The second kappa shape index (κ2) is 11.9. The minimum atomic E-state index is -5.75. The molecule has 37 heavy (non-hydrogen) atoms. The standard InChI is InChI=1S/C16H22N3O15P3/c20-13-11(9-31-36(26,27)34-37(28,29)33-35(23,24)25)32-15(14(13)21)19-7-6-12(17-16(19)22)18-30-8-10-4-2-1-3-5-10/h1-7,11,13-15,20-21H,8-9H2,(H,26,27)(H,28,29)(H,17,18,22)(H2,23,24,25)/t11-,13-,14-,15-/m1/s1. The van der Waals surface area contributed by atoms with E-state index in [1.165, 1.54) is 6.07 Å². The Balaban J connectivity index is 1.58. The molecule has 2 aromatic rings. The molecular weight excluding hydrogens is 567 g/mol. The van der Waals surface area contributed by atoms with Crippen molar-refractivity contribution in [1.82, 2.24) is 9.55 Å². The van der Waals surface area contributed by atoms with Gasteiger partial charge in [-0.2, -0.15) is 13.6 Å². The Morgan fingerprint density at radius 1 is 0.973 bits per heavy atom. The second-order valence-corrected chi connectivity index (χ2v) is 11.7. The fraction of sp³-hybridized carbons (Fsp3) is 0.375. The number of phosphoric acid groups is 3. The Morgan fingerprint density at radius 3 is 2.27 bits per heavy atom. The number of aromatic nitrogens is 2. The highest BCUT2D eigenvalue weighted by atomic mass is 31.3. The van der Waals surface area contributed by atoms with Crippen molar-refractivity contribution in [2.75, 3.05) is 12.1 Å². The molecule has 1 aromatic heterocycles. The number of ether oxygens (including phenoxy) is 1. The summed E-state index contributed by atoms with van der Waals surface area (Å²) in [4.78, 5) is 57.1. The predicted octanol–water partition coefficient (Wildman–Crippen LogP) is -0.251. The molecule has 0 saturated carbocycles. The van der Waals surface area contributed by atoms with Crippen LogP contribution in [0.4, 0.5) is 5.82 Å². The first-order valence-electron chi connectivity index (χ1n) is 9.97. The van der Waals surface area contributed by atoms with Gasteiger partial charge in [-0.3, -0.25) is 13.9 Å². The molecule has 1 saturated heterocycles. The van der Waals surface area contributed by atoms with Crippen molar-refractivity contribution in [2.24, 2.45) is 0 Å². The zero-order chi connectivity index (χ0) is 27.4. The Bertz CT molecular complexity index is 1270. The zero-order valence-electron chi connectivity index (χ0n) is 18.4. The molecule has 0 amide bonds. The number of rotatable bonds is 12. The van der Waals surface area contributed by atoms with E-state index in [4.69, 9.17) is 24.3 Å². The summed E-state index contributed by atoms with van der Waals surface area (Å²) in [5, 5.41) is 20.4. The van der Waals surface area contributed by atoms with Crippen molar-refractivity contribution in [1.29, 1.82) is 0 Å². The fourth-order valence-electron chi connectivity index (χ4n) is 3.00. The predicted molar refractivity (Wildman–Crippen MR) is 119 cm³/mol. The van der Waals surface area contributed by atoms with Gasteiger partial charge in [-0.25, -0.2) is 24.0 Å². The number of nitrogens with zero attached hydrogens (tertiary/aromatic N) is 2. The van der Waals surface area contributed by atoms with Gasteiger partial charge in [0.1, 0.15) is 18.3 Å². The van der Waals surface area contributed by atoms with E-state index >= 15 is 0 Å². The maximum absolute atomic E-state index is 12.4. The van der Waals surface area contributed by atoms with Crippen LogP contribution >= 0.6 is 23.5 Å². The highest BCUT2D eigenvalue weighted by Gasteiger charge is 2.46. The Hall–Kier alpha value is -1.85. The first-order valence-corrected chi connectivity index (χ1v) is 14.5. The maximum Gasteiger partial charge on any atom is 0.490 e. The first-order chi connectivity index (χ1) is 17.2. The van der Waals surface area contributed by atoms with Gasteiger partial charge < -0.3 is 34.5 Å². The molecule has 2 unspecified atom stereocenters. The summed E-state index contributed by atoms with van der Waals surface area (Å²) in [6, 6.07) is 10.4. The molecule has 2 heterocycles. The third-order valence-corrected chi connectivity index (χ3v) is 8.32. The van der Waals surface area contributed by atoms with Crippen molar-refractivity contribution in [3.63, 3.8) is 0 Å². The number of benzene rings is 1. The molecular formula is C16H22N3O15P3. The van der Waals surface area contributed by atoms with E-state index in [0.29, 0.717) is 0 Å². The van der Waals surface area contributed by atoms with Crippen LogP contribution in [0.25, 0.3) is 0 Å². The van der Waals surface area contributed by atoms with E-state index in [2.05, 4.69) is 23.6 Å². The lowest BCUT2D eigenvalue weighted by Crippen LogP contribution is -2.36. The Kier molecular flexibility index (Phi) is 9.56. The molecule has 206 valence electrons. The number of phosphoric ester groups is 1. The van der Waals surface area contributed by atoms with Gasteiger partial charge in [-0.1, -0.05) is 30.3 Å². The highest BCUT2D eigenvalue weighted by molar-refractivity contribution is 7.66. The number of aliphatic hydroxyl groups is 2. The molecule has 0 radical (unpaired) electrons. The van der Waals surface area contributed by atoms with E-state index in [9.17, 15) is 33.6 Å². The van der Waals surface area contributed by atoms with Crippen LogP contribution in [0.3, 0.4) is 0 Å². The smallest absolute Gasteiger partial charge is 0.387 e. The third kappa shape index (κ3) is 8.85. The summed E-state index contributed by atoms with van der Waals surface area (Å²) < 4.78 is 51.5. The van der Waals surface area contributed by atoms with E-state index in [-0.39, 0.29) is 12.4 Å². The van der Waals surface area contributed by atoms with Crippen molar-refractivity contribution < 1.29 is 66.2 Å². The number of hydrogen-bond acceptors (Lipinski definition) is 13. The normalized spacial score (nSPS) is 25.4. The van der Waals surface area contributed by atoms with Gasteiger partial charge in [0.2, 0.25) is 0 Å². The van der Waals surface area contributed by atoms with Gasteiger partial charge >= 0.3 is 29.2 Å². The van der Waals surface area contributed by atoms with Crippen molar-refractivity contribution in [3.8, 4) is 0 Å². The Labute approximate surface area is 207 Å². The molecule has 1 aliphatic rings. The van der Waals surface area contributed by atoms with Gasteiger partial charge in [0.25, 0.3) is 0 Å². The molecule has 7 N–H and O–H groups in total. The molecule has 0 aliphatic carbocycles. The quantitative estimate of drug-likeness (QED) is 0.124. The van der Waals surface area contributed by atoms with Gasteiger partial charge in [-0.15, -0.1) is 0 Å². The summed E-state index contributed by atoms with van der Waals surface area (Å²) >= 11 is 0. The van der Waals surface area contributed by atoms with Gasteiger partial charge in [-0.05, 0) is 11.6 Å².